The van der Waals surface area contributed by atoms with Crippen molar-refractivity contribution >= 4 is 11.7 Å². The standard InChI is InChI=1S/C18H22N8O/c1-24-15(12-26-10-4-8-21-26)22-23-17(24)13-5-3-9-25(11-13)18-14(16(19)27)6-2-7-20-18/h2,4,6-8,10,13H,3,5,9,11-12H2,1H3,(H2,19,27)/t13-/m1/s1. The van der Waals surface area contributed by atoms with Crippen LogP contribution < -0.4 is 10.6 Å². The zero-order valence-corrected chi connectivity index (χ0v) is 15.2. The Balaban J connectivity index is 1.56. The number of hydrogen-bond donors (Lipinski definition) is 1. The van der Waals surface area contributed by atoms with E-state index < -0.39 is 5.91 Å². The van der Waals surface area contributed by atoms with Crippen molar-refractivity contribution in [2.75, 3.05) is 18.0 Å². The van der Waals surface area contributed by atoms with Gasteiger partial charge >= 0.3 is 0 Å². The van der Waals surface area contributed by atoms with Crippen molar-refractivity contribution in [3.8, 4) is 0 Å². The quantitative estimate of drug-likeness (QED) is 0.720. The average molecular weight is 366 g/mol. The number of nitrogens with zero attached hydrogens (tertiary/aromatic N) is 7. The Morgan fingerprint density at radius 2 is 2.19 bits per heavy atom. The van der Waals surface area contributed by atoms with Crippen LogP contribution >= 0.6 is 0 Å². The fourth-order valence-corrected chi connectivity index (χ4v) is 3.63. The molecule has 27 heavy (non-hydrogen) atoms. The number of hydrogen-bond acceptors (Lipinski definition) is 6. The first kappa shape index (κ1) is 17.2. The van der Waals surface area contributed by atoms with E-state index in [1.54, 1.807) is 24.5 Å². The van der Waals surface area contributed by atoms with Crippen LogP contribution in [0, 0.1) is 0 Å². The van der Waals surface area contributed by atoms with Crippen molar-refractivity contribution in [1.82, 2.24) is 29.5 Å². The molecule has 3 aromatic rings. The summed E-state index contributed by atoms with van der Waals surface area (Å²) >= 11 is 0. The van der Waals surface area contributed by atoms with E-state index in [1.807, 2.05) is 28.6 Å². The second kappa shape index (κ2) is 7.18. The number of nitrogens with two attached hydrogens (primary N) is 1. The molecule has 1 fully saturated rings. The van der Waals surface area contributed by atoms with Gasteiger partial charge in [-0.3, -0.25) is 9.48 Å². The van der Waals surface area contributed by atoms with Gasteiger partial charge in [0.25, 0.3) is 5.91 Å². The van der Waals surface area contributed by atoms with Gasteiger partial charge in [0.1, 0.15) is 18.2 Å². The molecule has 0 saturated carbocycles. The van der Waals surface area contributed by atoms with Gasteiger partial charge in [-0.05, 0) is 31.0 Å². The van der Waals surface area contributed by atoms with Gasteiger partial charge in [-0.25, -0.2) is 4.98 Å². The van der Waals surface area contributed by atoms with Gasteiger partial charge in [0.15, 0.2) is 5.82 Å². The maximum absolute atomic E-state index is 11.7. The van der Waals surface area contributed by atoms with Crippen molar-refractivity contribution < 1.29 is 4.79 Å². The third-order valence-corrected chi connectivity index (χ3v) is 5.00. The van der Waals surface area contributed by atoms with E-state index in [9.17, 15) is 4.79 Å². The highest BCUT2D eigenvalue weighted by atomic mass is 16.1. The topological polar surface area (TPSA) is 108 Å². The van der Waals surface area contributed by atoms with Gasteiger partial charge < -0.3 is 15.2 Å². The van der Waals surface area contributed by atoms with Crippen LogP contribution in [0.1, 0.15) is 40.8 Å². The van der Waals surface area contributed by atoms with Crippen LogP contribution in [0.5, 0.6) is 0 Å². The van der Waals surface area contributed by atoms with E-state index in [-0.39, 0.29) is 5.92 Å². The summed E-state index contributed by atoms with van der Waals surface area (Å²) in [5, 5.41) is 13.0. The first-order chi connectivity index (χ1) is 13.1. The summed E-state index contributed by atoms with van der Waals surface area (Å²) in [4.78, 5) is 18.3. The smallest absolute Gasteiger partial charge is 0.252 e. The minimum Gasteiger partial charge on any atom is -0.365 e. The van der Waals surface area contributed by atoms with Gasteiger partial charge in [0.2, 0.25) is 0 Å². The monoisotopic (exact) mass is 366 g/mol. The molecule has 4 heterocycles. The van der Waals surface area contributed by atoms with Gasteiger partial charge in [0, 0.05) is 44.6 Å². The second-order valence-corrected chi connectivity index (χ2v) is 6.76. The zero-order valence-electron chi connectivity index (χ0n) is 15.2. The highest BCUT2D eigenvalue weighted by Gasteiger charge is 2.28. The molecule has 140 valence electrons. The lowest BCUT2D eigenvalue weighted by Crippen LogP contribution is -2.37. The first-order valence-corrected chi connectivity index (χ1v) is 8.99. The lowest BCUT2D eigenvalue weighted by molar-refractivity contribution is 0.100. The number of primary amides is 1. The highest BCUT2D eigenvalue weighted by Crippen LogP contribution is 2.29. The minimum absolute atomic E-state index is 0.213. The number of carbonyl (C=O) groups is 1. The van der Waals surface area contributed by atoms with Gasteiger partial charge in [-0.2, -0.15) is 5.10 Å². The largest absolute Gasteiger partial charge is 0.365 e. The third-order valence-electron chi connectivity index (χ3n) is 5.00. The molecule has 1 amide bonds. The SMILES string of the molecule is Cn1c(Cn2cccn2)nnc1[C@@H]1CCCN(c2ncccc2C(N)=O)C1. The lowest BCUT2D eigenvalue weighted by Gasteiger charge is -2.33. The van der Waals surface area contributed by atoms with Crippen LogP contribution in [0.4, 0.5) is 5.82 Å². The number of carbonyl (C=O) groups excluding carboxylic acids is 1. The Kier molecular flexibility index (Phi) is 4.57. The van der Waals surface area contributed by atoms with Gasteiger partial charge in [-0.15, -0.1) is 10.2 Å². The molecule has 3 aromatic heterocycles. The number of amides is 1. The fraction of sp³-hybridized carbons (Fsp3) is 0.389. The molecule has 0 unspecified atom stereocenters. The first-order valence-electron chi connectivity index (χ1n) is 8.99. The number of rotatable bonds is 5. The van der Waals surface area contributed by atoms with Gasteiger partial charge in [0.05, 0.1) is 5.56 Å². The summed E-state index contributed by atoms with van der Waals surface area (Å²) in [6.45, 7) is 2.15. The van der Waals surface area contributed by atoms with Crippen molar-refractivity contribution in [1.29, 1.82) is 0 Å². The maximum Gasteiger partial charge on any atom is 0.252 e. The molecule has 0 spiro atoms. The van der Waals surface area contributed by atoms with E-state index in [0.29, 0.717) is 17.9 Å². The second-order valence-electron chi connectivity index (χ2n) is 6.76. The molecule has 4 rings (SSSR count). The van der Waals surface area contributed by atoms with Crippen molar-refractivity contribution in [3.05, 3.63) is 54.0 Å². The molecule has 0 radical (unpaired) electrons. The van der Waals surface area contributed by atoms with E-state index in [1.165, 1.54) is 0 Å². The van der Waals surface area contributed by atoms with Crippen LogP contribution in [0.15, 0.2) is 36.8 Å². The number of pyridine rings is 1. The van der Waals surface area contributed by atoms with Gasteiger partial charge in [-0.1, -0.05) is 0 Å². The Bertz CT molecular complexity index is 933. The van der Waals surface area contributed by atoms with Crippen molar-refractivity contribution in [2.24, 2.45) is 12.8 Å². The van der Waals surface area contributed by atoms with Crippen molar-refractivity contribution in [3.63, 3.8) is 0 Å². The Labute approximate surface area is 156 Å². The number of anilines is 1. The minimum atomic E-state index is -0.458. The molecule has 1 saturated heterocycles. The van der Waals surface area contributed by atoms with E-state index in [2.05, 4.69) is 25.2 Å². The summed E-state index contributed by atoms with van der Waals surface area (Å²) < 4.78 is 3.87. The maximum atomic E-state index is 11.7. The summed E-state index contributed by atoms with van der Waals surface area (Å²) in [7, 11) is 1.99. The predicted molar refractivity (Wildman–Crippen MR) is 99.3 cm³/mol. The highest BCUT2D eigenvalue weighted by molar-refractivity contribution is 5.97. The normalized spacial score (nSPS) is 17.2. The molecular formula is C18H22N8O. The lowest BCUT2D eigenvalue weighted by atomic mass is 9.96. The van der Waals surface area contributed by atoms with Crippen LogP contribution in [0.25, 0.3) is 0 Å². The average Bonchev–Trinajstić information content (AvgIpc) is 3.33. The van der Waals surface area contributed by atoms with E-state index in [0.717, 1.165) is 37.6 Å². The molecule has 1 aliphatic rings. The van der Waals surface area contributed by atoms with Crippen LogP contribution in [-0.4, -0.2) is 48.5 Å². The molecule has 9 nitrogen and oxygen atoms in total. The molecule has 2 N–H and O–H groups in total. The molecular weight excluding hydrogens is 344 g/mol. The number of piperidine rings is 1. The van der Waals surface area contributed by atoms with Crippen LogP contribution in [0.2, 0.25) is 0 Å². The summed E-state index contributed by atoms with van der Waals surface area (Å²) in [5.41, 5.74) is 5.97. The molecule has 1 atom stereocenters. The molecule has 0 bridgehead atoms. The number of aromatic nitrogens is 6. The molecule has 0 aromatic carbocycles. The molecule has 1 aliphatic heterocycles. The molecule has 0 aliphatic carbocycles. The van der Waals surface area contributed by atoms with E-state index >= 15 is 0 Å². The third kappa shape index (κ3) is 3.40. The predicted octanol–water partition coefficient (Wildman–Crippen LogP) is 0.938. The zero-order chi connectivity index (χ0) is 18.8. The summed E-state index contributed by atoms with van der Waals surface area (Å²) in [5.74, 6) is 2.21. The summed E-state index contributed by atoms with van der Waals surface area (Å²) in [6.07, 6.45) is 7.35. The molecule has 9 heteroatoms. The van der Waals surface area contributed by atoms with Crippen LogP contribution in [-0.2, 0) is 13.6 Å². The van der Waals surface area contributed by atoms with Crippen LogP contribution in [0.3, 0.4) is 0 Å². The van der Waals surface area contributed by atoms with Crippen molar-refractivity contribution in [2.45, 2.75) is 25.3 Å². The Morgan fingerprint density at radius 3 is 2.96 bits per heavy atom. The Morgan fingerprint density at radius 1 is 1.30 bits per heavy atom. The summed E-state index contributed by atoms with van der Waals surface area (Å²) in [6, 6.07) is 5.34. The fourth-order valence-electron chi connectivity index (χ4n) is 3.63. The Hall–Kier alpha value is -3.23. The van der Waals surface area contributed by atoms with E-state index in [4.69, 9.17) is 5.73 Å².